The van der Waals surface area contributed by atoms with E-state index in [0.29, 0.717) is 17.5 Å². The number of nitrogens with zero attached hydrogens (tertiary/aromatic N) is 4. The molecule has 1 aliphatic carbocycles. The summed E-state index contributed by atoms with van der Waals surface area (Å²) in [6.45, 7) is 3.80. The zero-order valence-electron chi connectivity index (χ0n) is 12.7. The molecule has 0 bridgehead atoms. The second kappa shape index (κ2) is 5.15. The van der Waals surface area contributed by atoms with E-state index in [0.717, 1.165) is 35.3 Å². The predicted molar refractivity (Wildman–Crippen MR) is 85.0 cm³/mol. The Labute approximate surface area is 132 Å². The van der Waals surface area contributed by atoms with Crippen LogP contribution < -0.4 is 0 Å². The fraction of sp³-hybridized carbons (Fsp3) is 0.235. The topological polar surface area (TPSA) is 52.8 Å². The van der Waals surface area contributed by atoms with Crippen molar-refractivity contribution in [3.63, 3.8) is 0 Å². The molecule has 6 heteroatoms. The van der Waals surface area contributed by atoms with Crippen molar-refractivity contribution in [2.24, 2.45) is 0 Å². The molecule has 4 rings (SSSR count). The lowest BCUT2D eigenvalue weighted by Gasteiger charge is -2.09. The molecule has 0 spiro atoms. The summed E-state index contributed by atoms with van der Waals surface area (Å²) >= 11 is 0. The smallest absolute Gasteiger partial charge is 0.143 e. The van der Waals surface area contributed by atoms with E-state index in [1.165, 1.54) is 12.1 Å². The van der Waals surface area contributed by atoms with Gasteiger partial charge in [0.15, 0.2) is 0 Å². The van der Waals surface area contributed by atoms with Crippen LogP contribution in [0.5, 0.6) is 0 Å². The fourth-order valence-electron chi connectivity index (χ4n) is 2.70. The summed E-state index contributed by atoms with van der Waals surface area (Å²) in [6, 6.07) is 6.87. The molecule has 1 aromatic carbocycles. The van der Waals surface area contributed by atoms with Crippen LogP contribution in [0.4, 0.5) is 4.39 Å². The monoisotopic (exact) mass is 310 g/mol. The van der Waals surface area contributed by atoms with Crippen molar-refractivity contribution in [3.8, 4) is 11.4 Å². The molecule has 116 valence electrons. The van der Waals surface area contributed by atoms with Gasteiger partial charge >= 0.3 is 0 Å². The van der Waals surface area contributed by atoms with Gasteiger partial charge in [-0.15, -0.1) is 5.10 Å². The Morgan fingerprint density at radius 2 is 2.17 bits per heavy atom. The molecular formula is C17H15FN4O. The van der Waals surface area contributed by atoms with Crippen molar-refractivity contribution < 1.29 is 9.13 Å². The van der Waals surface area contributed by atoms with E-state index < -0.39 is 0 Å². The number of rotatable bonds is 4. The first-order chi connectivity index (χ1) is 11.2. The molecule has 0 aliphatic heterocycles. The van der Waals surface area contributed by atoms with Crippen LogP contribution in [0.15, 0.2) is 37.0 Å². The third kappa shape index (κ3) is 2.36. The van der Waals surface area contributed by atoms with Gasteiger partial charge in [-0.05, 0) is 37.1 Å². The molecule has 1 fully saturated rings. The quantitative estimate of drug-likeness (QED) is 0.691. The van der Waals surface area contributed by atoms with Gasteiger partial charge in [0.1, 0.15) is 23.1 Å². The zero-order chi connectivity index (χ0) is 16.0. The van der Waals surface area contributed by atoms with Crippen LogP contribution in [0.2, 0.25) is 0 Å². The van der Waals surface area contributed by atoms with Crippen LogP contribution in [0.3, 0.4) is 0 Å². The molecule has 2 aromatic heterocycles. The third-order valence-corrected chi connectivity index (χ3v) is 4.01. The Morgan fingerprint density at radius 3 is 2.91 bits per heavy atom. The SMILES string of the molecule is C=C(OC)c1cc(-c2nc3ccc(F)cc3n2C2CC2)cnn1. The number of halogens is 1. The van der Waals surface area contributed by atoms with Crippen LogP contribution in [-0.2, 0) is 4.74 Å². The molecule has 5 nitrogen and oxygen atoms in total. The molecule has 1 saturated carbocycles. The first kappa shape index (κ1) is 13.9. The molecule has 2 heterocycles. The van der Waals surface area contributed by atoms with Crippen molar-refractivity contribution in [1.29, 1.82) is 0 Å². The maximum atomic E-state index is 13.6. The Balaban J connectivity index is 1.92. The van der Waals surface area contributed by atoms with E-state index in [9.17, 15) is 4.39 Å². The van der Waals surface area contributed by atoms with E-state index in [-0.39, 0.29) is 5.82 Å². The van der Waals surface area contributed by atoms with E-state index in [2.05, 4.69) is 26.3 Å². The first-order valence-electron chi connectivity index (χ1n) is 7.41. The average molecular weight is 310 g/mol. The normalized spacial score (nSPS) is 14.2. The highest BCUT2D eigenvalue weighted by Crippen LogP contribution is 2.41. The van der Waals surface area contributed by atoms with Gasteiger partial charge in [-0.25, -0.2) is 9.37 Å². The minimum atomic E-state index is -0.257. The van der Waals surface area contributed by atoms with Crippen LogP contribution >= 0.6 is 0 Å². The molecule has 1 aliphatic rings. The van der Waals surface area contributed by atoms with Gasteiger partial charge in [0.05, 0.1) is 24.3 Å². The second-order valence-corrected chi connectivity index (χ2v) is 5.63. The fourth-order valence-corrected chi connectivity index (χ4v) is 2.70. The summed E-state index contributed by atoms with van der Waals surface area (Å²) in [4.78, 5) is 4.67. The number of ether oxygens (including phenoxy) is 1. The summed E-state index contributed by atoms with van der Waals surface area (Å²) in [6.07, 6.45) is 3.80. The van der Waals surface area contributed by atoms with Crippen molar-refractivity contribution in [2.75, 3.05) is 7.11 Å². The summed E-state index contributed by atoms with van der Waals surface area (Å²) in [7, 11) is 1.54. The van der Waals surface area contributed by atoms with Crippen LogP contribution in [-0.4, -0.2) is 26.9 Å². The van der Waals surface area contributed by atoms with Crippen LogP contribution in [0.25, 0.3) is 28.2 Å². The summed E-state index contributed by atoms with van der Waals surface area (Å²) in [5.74, 6) is 0.958. The summed E-state index contributed by atoms with van der Waals surface area (Å²) in [5, 5.41) is 8.04. The maximum absolute atomic E-state index is 13.6. The lowest BCUT2D eigenvalue weighted by atomic mass is 10.2. The first-order valence-corrected chi connectivity index (χ1v) is 7.41. The molecule has 0 saturated heterocycles. The Hall–Kier alpha value is -2.76. The largest absolute Gasteiger partial charge is 0.495 e. The van der Waals surface area contributed by atoms with E-state index in [4.69, 9.17) is 4.74 Å². The summed E-state index contributed by atoms with van der Waals surface area (Å²) < 4.78 is 20.8. The molecule has 23 heavy (non-hydrogen) atoms. The van der Waals surface area contributed by atoms with E-state index >= 15 is 0 Å². The van der Waals surface area contributed by atoms with Crippen molar-refractivity contribution in [3.05, 3.63) is 48.6 Å². The number of methoxy groups -OCH3 is 1. The van der Waals surface area contributed by atoms with Gasteiger partial charge in [-0.1, -0.05) is 6.58 Å². The highest BCUT2D eigenvalue weighted by Gasteiger charge is 2.29. The number of benzene rings is 1. The predicted octanol–water partition coefficient (Wildman–Crippen LogP) is 3.58. The number of imidazole rings is 1. The molecule has 0 radical (unpaired) electrons. The van der Waals surface area contributed by atoms with Gasteiger partial charge in [0.25, 0.3) is 0 Å². The standard InChI is InChI=1S/C17H15FN4O/c1-10(23-2)15-7-11(9-19-21-15)17-20-14-6-3-12(18)8-16(14)22(17)13-4-5-13/h3,6-9,13H,1,4-5H2,2H3. The van der Waals surface area contributed by atoms with Crippen LogP contribution in [0, 0.1) is 5.82 Å². The number of aromatic nitrogens is 4. The average Bonchev–Trinajstić information content (AvgIpc) is 3.34. The van der Waals surface area contributed by atoms with Crippen molar-refractivity contribution in [2.45, 2.75) is 18.9 Å². The highest BCUT2D eigenvalue weighted by molar-refractivity contribution is 5.81. The van der Waals surface area contributed by atoms with Crippen molar-refractivity contribution >= 4 is 16.8 Å². The third-order valence-electron chi connectivity index (χ3n) is 4.01. The molecule has 0 atom stereocenters. The van der Waals surface area contributed by atoms with Crippen molar-refractivity contribution in [1.82, 2.24) is 19.7 Å². The molecule has 0 unspecified atom stereocenters. The summed E-state index contributed by atoms with van der Waals surface area (Å²) in [5.41, 5.74) is 2.96. The maximum Gasteiger partial charge on any atom is 0.143 e. The Kier molecular flexibility index (Phi) is 3.11. The number of hydrogen-bond donors (Lipinski definition) is 0. The van der Waals surface area contributed by atoms with E-state index in [1.807, 2.05) is 6.07 Å². The molecule has 3 aromatic rings. The Bertz CT molecular complexity index is 914. The minimum Gasteiger partial charge on any atom is -0.495 e. The lowest BCUT2D eigenvalue weighted by Crippen LogP contribution is -2.00. The van der Waals surface area contributed by atoms with Crippen LogP contribution in [0.1, 0.15) is 24.6 Å². The zero-order valence-corrected chi connectivity index (χ0v) is 12.7. The van der Waals surface area contributed by atoms with Gasteiger partial charge in [0, 0.05) is 11.6 Å². The molecule has 0 amide bonds. The van der Waals surface area contributed by atoms with Gasteiger partial charge < -0.3 is 9.30 Å². The number of fused-ring (bicyclic) bond motifs is 1. The van der Waals surface area contributed by atoms with E-state index in [1.54, 1.807) is 19.4 Å². The number of hydrogen-bond acceptors (Lipinski definition) is 4. The lowest BCUT2D eigenvalue weighted by molar-refractivity contribution is 0.369. The molecule has 0 N–H and O–H groups in total. The second-order valence-electron chi connectivity index (χ2n) is 5.63. The van der Waals surface area contributed by atoms with Gasteiger partial charge in [-0.2, -0.15) is 5.10 Å². The minimum absolute atomic E-state index is 0.257. The highest BCUT2D eigenvalue weighted by atomic mass is 19.1. The van der Waals surface area contributed by atoms with Gasteiger partial charge in [0.2, 0.25) is 0 Å². The Morgan fingerprint density at radius 1 is 1.35 bits per heavy atom. The molecular weight excluding hydrogens is 295 g/mol. The van der Waals surface area contributed by atoms with Gasteiger partial charge in [-0.3, -0.25) is 0 Å².